The van der Waals surface area contributed by atoms with Gasteiger partial charge in [-0.2, -0.15) is 0 Å². The van der Waals surface area contributed by atoms with E-state index in [0.717, 1.165) is 18.4 Å². The van der Waals surface area contributed by atoms with Gasteiger partial charge in [0.05, 0.1) is 6.04 Å². The number of carbonyl (C=O) groups excluding carboxylic acids is 4. The molecule has 0 spiro atoms. The van der Waals surface area contributed by atoms with Crippen LogP contribution < -0.4 is 21.7 Å². The number of benzene rings is 1. The van der Waals surface area contributed by atoms with Crippen LogP contribution in [0.5, 0.6) is 0 Å². The summed E-state index contributed by atoms with van der Waals surface area (Å²) in [6.45, 7) is 5.76. The average molecular weight is 433 g/mol. The number of aldehydes is 1. The molecule has 0 radical (unpaired) electrons. The molecule has 172 valence electrons. The minimum absolute atomic E-state index is 0.135. The van der Waals surface area contributed by atoms with Crippen molar-refractivity contribution in [3.63, 3.8) is 0 Å². The normalized spacial score (nSPS) is 13.7. The maximum absolute atomic E-state index is 13.0. The van der Waals surface area contributed by atoms with E-state index in [-0.39, 0.29) is 11.8 Å². The van der Waals surface area contributed by atoms with Gasteiger partial charge in [0.2, 0.25) is 17.7 Å². The predicted molar refractivity (Wildman–Crippen MR) is 120 cm³/mol. The molecule has 8 nitrogen and oxygen atoms in total. The van der Waals surface area contributed by atoms with Crippen LogP contribution in [0.1, 0.15) is 52.0 Å². The fourth-order valence-electron chi connectivity index (χ4n) is 3.25. The zero-order valence-corrected chi connectivity index (χ0v) is 18.7. The van der Waals surface area contributed by atoms with Gasteiger partial charge in [-0.1, -0.05) is 44.2 Å². The SMILES string of the molecule is CC(=O)NC(Cc1ccccc1)C(=O)NC(CC(C)C)C(=O)NC(C=O)CCCCN. The van der Waals surface area contributed by atoms with Gasteiger partial charge in [0.25, 0.3) is 0 Å². The molecule has 0 aliphatic heterocycles. The van der Waals surface area contributed by atoms with Gasteiger partial charge in [-0.3, -0.25) is 14.4 Å². The summed E-state index contributed by atoms with van der Waals surface area (Å²) >= 11 is 0. The lowest BCUT2D eigenvalue weighted by molar-refractivity contribution is -0.132. The molecule has 0 aliphatic carbocycles. The molecule has 1 rings (SSSR count). The lowest BCUT2D eigenvalue weighted by atomic mass is 10.0. The Labute approximate surface area is 184 Å². The molecule has 8 heteroatoms. The number of hydrogen-bond acceptors (Lipinski definition) is 5. The van der Waals surface area contributed by atoms with Crippen LogP contribution in [0.15, 0.2) is 30.3 Å². The first-order valence-electron chi connectivity index (χ1n) is 10.8. The van der Waals surface area contributed by atoms with Crippen LogP contribution >= 0.6 is 0 Å². The Morgan fingerprint density at radius 3 is 2.16 bits per heavy atom. The van der Waals surface area contributed by atoms with Crippen LogP contribution in [0.25, 0.3) is 0 Å². The van der Waals surface area contributed by atoms with Gasteiger partial charge in [0, 0.05) is 13.3 Å². The van der Waals surface area contributed by atoms with Crippen LogP contribution in [0.3, 0.4) is 0 Å². The summed E-state index contributed by atoms with van der Waals surface area (Å²) in [6.07, 6.45) is 3.41. The molecule has 5 N–H and O–H groups in total. The molecule has 3 amide bonds. The van der Waals surface area contributed by atoms with Gasteiger partial charge < -0.3 is 26.5 Å². The fourth-order valence-corrected chi connectivity index (χ4v) is 3.25. The van der Waals surface area contributed by atoms with E-state index in [9.17, 15) is 19.2 Å². The number of unbranched alkanes of at least 4 members (excludes halogenated alkanes) is 1. The molecule has 31 heavy (non-hydrogen) atoms. The third-order valence-electron chi connectivity index (χ3n) is 4.78. The molecule has 0 bridgehead atoms. The molecule has 0 aliphatic rings. The van der Waals surface area contributed by atoms with Crippen molar-refractivity contribution in [2.24, 2.45) is 11.7 Å². The summed E-state index contributed by atoms with van der Waals surface area (Å²) < 4.78 is 0. The molecule has 1 aromatic carbocycles. The van der Waals surface area contributed by atoms with E-state index in [2.05, 4.69) is 16.0 Å². The minimum atomic E-state index is -0.811. The van der Waals surface area contributed by atoms with Crippen LogP contribution in [-0.2, 0) is 25.6 Å². The van der Waals surface area contributed by atoms with Crippen molar-refractivity contribution in [1.82, 2.24) is 16.0 Å². The van der Waals surface area contributed by atoms with Crippen molar-refractivity contribution in [1.29, 1.82) is 0 Å². The first-order valence-corrected chi connectivity index (χ1v) is 10.8. The van der Waals surface area contributed by atoms with Crippen molar-refractivity contribution in [2.75, 3.05) is 6.54 Å². The topological polar surface area (TPSA) is 130 Å². The first-order chi connectivity index (χ1) is 14.8. The Morgan fingerprint density at radius 2 is 1.61 bits per heavy atom. The molecule has 0 saturated carbocycles. The first kappa shape index (κ1) is 26.3. The highest BCUT2D eigenvalue weighted by atomic mass is 16.2. The van der Waals surface area contributed by atoms with E-state index < -0.39 is 29.9 Å². The largest absolute Gasteiger partial charge is 0.345 e. The zero-order chi connectivity index (χ0) is 23.2. The summed E-state index contributed by atoms with van der Waals surface area (Å²) in [5.74, 6) is -1.04. The van der Waals surface area contributed by atoms with E-state index >= 15 is 0 Å². The average Bonchev–Trinajstić information content (AvgIpc) is 2.72. The van der Waals surface area contributed by atoms with Crippen LogP contribution in [0.4, 0.5) is 0 Å². The van der Waals surface area contributed by atoms with Crippen LogP contribution in [0, 0.1) is 5.92 Å². The Morgan fingerprint density at radius 1 is 0.968 bits per heavy atom. The van der Waals surface area contributed by atoms with Crippen molar-refractivity contribution in [2.45, 2.75) is 71.0 Å². The van der Waals surface area contributed by atoms with E-state index in [0.29, 0.717) is 32.1 Å². The second-order valence-corrected chi connectivity index (χ2v) is 8.17. The maximum atomic E-state index is 13.0. The van der Waals surface area contributed by atoms with E-state index in [1.165, 1.54) is 6.92 Å². The third-order valence-corrected chi connectivity index (χ3v) is 4.78. The van der Waals surface area contributed by atoms with Gasteiger partial charge in [-0.05, 0) is 43.7 Å². The standard InChI is InChI=1S/C23H36N4O4/c1-16(2)13-20(22(30)26-19(15-28)11-7-8-12-24)27-23(31)21(25-17(3)29)14-18-9-5-4-6-10-18/h4-6,9-10,15-16,19-21H,7-8,11-14,24H2,1-3H3,(H,25,29)(H,26,30)(H,27,31). The molecule has 1 aromatic rings. The summed E-state index contributed by atoms with van der Waals surface area (Å²) in [4.78, 5) is 48.8. The molecular weight excluding hydrogens is 396 g/mol. The molecule has 0 saturated heterocycles. The zero-order valence-electron chi connectivity index (χ0n) is 18.7. The Hall–Kier alpha value is -2.74. The van der Waals surface area contributed by atoms with Crippen molar-refractivity contribution >= 4 is 24.0 Å². The van der Waals surface area contributed by atoms with Crippen LogP contribution in [0.2, 0.25) is 0 Å². The van der Waals surface area contributed by atoms with Crippen molar-refractivity contribution < 1.29 is 19.2 Å². The van der Waals surface area contributed by atoms with Crippen molar-refractivity contribution in [3.8, 4) is 0 Å². The fraction of sp³-hybridized carbons (Fsp3) is 0.565. The monoisotopic (exact) mass is 432 g/mol. The molecular formula is C23H36N4O4. The predicted octanol–water partition coefficient (Wildman–Crippen LogP) is 1.08. The summed E-state index contributed by atoms with van der Waals surface area (Å²) in [5.41, 5.74) is 6.37. The number of hydrogen-bond donors (Lipinski definition) is 4. The highest BCUT2D eigenvalue weighted by Crippen LogP contribution is 2.09. The Bertz CT molecular complexity index is 709. The summed E-state index contributed by atoms with van der Waals surface area (Å²) in [7, 11) is 0. The minimum Gasteiger partial charge on any atom is -0.345 e. The van der Waals surface area contributed by atoms with E-state index in [1.807, 2.05) is 44.2 Å². The lowest BCUT2D eigenvalue weighted by Crippen LogP contribution is -2.55. The number of nitrogens with one attached hydrogen (secondary N) is 3. The molecule has 0 aromatic heterocycles. The highest BCUT2D eigenvalue weighted by Gasteiger charge is 2.28. The highest BCUT2D eigenvalue weighted by molar-refractivity contribution is 5.92. The van der Waals surface area contributed by atoms with Gasteiger partial charge in [0.1, 0.15) is 18.4 Å². The quantitative estimate of drug-likeness (QED) is 0.258. The van der Waals surface area contributed by atoms with E-state index in [1.54, 1.807) is 0 Å². The maximum Gasteiger partial charge on any atom is 0.243 e. The van der Waals surface area contributed by atoms with Gasteiger partial charge in [-0.15, -0.1) is 0 Å². The summed E-state index contributed by atoms with van der Waals surface area (Å²) in [6, 6.07) is 7.09. The summed E-state index contributed by atoms with van der Waals surface area (Å²) in [5, 5.41) is 8.15. The second-order valence-electron chi connectivity index (χ2n) is 8.17. The lowest BCUT2D eigenvalue weighted by Gasteiger charge is -2.25. The third kappa shape index (κ3) is 10.7. The number of rotatable bonds is 14. The van der Waals surface area contributed by atoms with Gasteiger partial charge >= 0.3 is 0 Å². The Kier molecular flexibility index (Phi) is 12.1. The number of nitrogens with two attached hydrogens (primary N) is 1. The number of amides is 3. The molecule has 0 heterocycles. The molecule has 3 unspecified atom stereocenters. The Balaban J connectivity index is 2.87. The van der Waals surface area contributed by atoms with Crippen LogP contribution in [-0.4, -0.2) is 48.7 Å². The van der Waals surface area contributed by atoms with E-state index in [4.69, 9.17) is 5.73 Å². The second kappa shape index (κ2) is 14.3. The number of carbonyl (C=O) groups is 4. The molecule has 3 atom stereocenters. The molecule has 0 fully saturated rings. The van der Waals surface area contributed by atoms with Gasteiger partial charge in [-0.25, -0.2) is 0 Å². The van der Waals surface area contributed by atoms with Crippen molar-refractivity contribution in [3.05, 3.63) is 35.9 Å². The van der Waals surface area contributed by atoms with Gasteiger partial charge in [0.15, 0.2) is 0 Å². The smallest absolute Gasteiger partial charge is 0.243 e.